The average molecular weight is 610 g/mol. The van der Waals surface area contributed by atoms with Crippen LogP contribution in [0.15, 0.2) is 0 Å². The van der Waals surface area contributed by atoms with Gasteiger partial charge in [-0.3, -0.25) is 0 Å². The summed E-state index contributed by atoms with van der Waals surface area (Å²) in [7, 11) is 6.89. The van der Waals surface area contributed by atoms with Crippen molar-refractivity contribution in [2.24, 2.45) is 0 Å². The molecular formula is C24H55ClO4SnTi. The topological polar surface area (TPSA) is 92.2 Å². The minimum Gasteiger partial charge on any atom is 4.00 e. The molecule has 0 radical (unpaired) electrons. The SMILES string of the molecule is CC(C)[O-].CC(C)[O-].CC(C)[O-].CC(C)[O-].CCC[CH2][Sn]([Cl])([CH2]CCC)[CH2]CCC.[Ti+4]. The van der Waals surface area contributed by atoms with E-state index in [0.29, 0.717) is 0 Å². The van der Waals surface area contributed by atoms with Gasteiger partial charge in [-0.1, -0.05) is 55.4 Å². The van der Waals surface area contributed by atoms with Gasteiger partial charge in [0, 0.05) is 0 Å². The molecule has 0 saturated heterocycles. The second-order valence-corrected chi connectivity index (χ2v) is 24.9. The summed E-state index contributed by atoms with van der Waals surface area (Å²) in [6, 6.07) is 0. The molecule has 4 nitrogen and oxygen atoms in total. The monoisotopic (exact) mass is 610 g/mol. The fourth-order valence-corrected chi connectivity index (χ4v) is 15.1. The van der Waals surface area contributed by atoms with E-state index >= 15 is 0 Å². The zero-order valence-electron chi connectivity index (χ0n) is 22.7. The third kappa shape index (κ3) is 100. The molecule has 0 aromatic carbocycles. The molecule has 0 aromatic rings. The molecule has 0 unspecified atom stereocenters. The van der Waals surface area contributed by atoms with Crippen LogP contribution in [0.25, 0.3) is 0 Å². The van der Waals surface area contributed by atoms with E-state index < -0.39 is 41.7 Å². The predicted octanol–water partition coefficient (Wildman–Crippen LogP) is 4.59. The van der Waals surface area contributed by atoms with E-state index in [2.05, 4.69) is 20.8 Å². The standard InChI is InChI=1S/3C4H9.4C3H7O.ClH.Sn.Ti/c3*1-3-4-2;4*1-3(2)4;;;/h3*1,3-4H2,2H3;4*3H,1-2H3;1H;;/q;;;4*-1;;+1;+4/p-1. The summed E-state index contributed by atoms with van der Waals surface area (Å²) in [6.45, 7) is 19.7. The van der Waals surface area contributed by atoms with Gasteiger partial charge in [0.15, 0.2) is 0 Å². The third-order valence-corrected chi connectivity index (χ3v) is 17.4. The first-order chi connectivity index (χ1) is 13.6. The number of unbranched alkanes of at least 4 members (excludes halogenated alkanes) is 3. The van der Waals surface area contributed by atoms with Crippen LogP contribution in [0.1, 0.15) is 115 Å². The van der Waals surface area contributed by atoms with Crippen LogP contribution in [-0.4, -0.2) is 41.7 Å². The molecule has 0 rings (SSSR count). The summed E-state index contributed by atoms with van der Waals surface area (Å²) in [5, 5.41) is 38.1. The fourth-order valence-electron chi connectivity index (χ4n) is 1.86. The van der Waals surface area contributed by atoms with Crippen LogP contribution in [-0.2, 0) is 21.7 Å². The third-order valence-electron chi connectivity index (χ3n) is 2.94. The van der Waals surface area contributed by atoms with Gasteiger partial charge in [-0.25, -0.2) is 0 Å². The zero-order valence-corrected chi connectivity index (χ0v) is 27.9. The Bertz CT molecular complexity index is 226. The maximum atomic E-state index is 9.53. The van der Waals surface area contributed by atoms with Crippen LogP contribution in [0.4, 0.5) is 0 Å². The fraction of sp³-hybridized carbons (Fsp3) is 1.00. The molecule has 0 aliphatic rings. The quantitative estimate of drug-likeness (QED) is 0.358. The van der Waals surface area contributed by atoms with Gasteiger partial charge in [-0.2, -0.15) is 0 Å². The number of hydrogen-bond donors (Lipinski definition) is 0. The molecule has 0 aliphatic heterocycles. The van der Waals surface area contributed by atoms with E-state index in [1.807, 2.05) is 0 Å². The summed E-state index contributed by atoms with van der Waals surface area (Å²) in [4.78, 5) is 0. The summed E-state index contributed by atoms with van der Waals surface area (Å²) < 4.78 is 4.27. The van der Waals surface area contributed by atoms with Gasteiger partial charge in [-0.05, 0) is 0 Å². The number of hydrogen-bond acceptors (Lipinski definition) is 4. The van der Waals surface area contributed by atoms with Gasteiger partial charge in [0.25, 0.3) is 0 Å². The number of rotatable bonds is 9. The van der Waals surface area contributed by atoms with Gasteiger partial charge in [-0.15, -0.1) is 24.4 Å². The molecule has 0 amide bonds. The van der Waals surface area contributed by atoms with Crippen molar-refractivity contribution in [3.63, 3.8) is 0 Å². The Labute approximate surface area is 219 Å². The van der Waals surface area contributed by atoms with E-state index in [1.165, 1.54) is 51.8 Å². The largest absolute Gasteiger partial charge is 4.00 e. The van der Waals surface area contributed by atoms with Crippen molar-refractivity contribution in [2.75, 3.05) is 0 Å². The van der Waals surface area contributed by atoms with Gasteiger partial charge in [0.05, 0.1) is 0 Å². The predicted molar refractivity (Wildman–Crippen MR) is 131 cm³/mol. The molecule has 31 heavy (non-hydrogen) atoms. The number of halogens is 1. The molecule has 0 N–H and O–H groups in total. The molecule has 0 heterocycles. The minimum absolute atomic E-state index is 0. The first-order valence-electron chi connectivity index (χ1n) is 11.9. The van der Waals surface area contributed by atoms with Crippen LogP contribution >= 0.6 is 8.92 Å². The molecule has 0 spiro atoms. The van der Waals surface area contributed by atoms with Crippen molar-refractivity contribution in [1.29, 1.82) is 0 Å². The molecule has 0 saturated carbocycles. The summed E-state index contributed by atoms with van der Waals surface area (Å²) >= 11 is -2.09. The average Bonchev–Trinajstić information content (AvgIpc) is 2.54. The zero-order chi connectivity index (χ0) is 25.2. The van der Waals surface area contributed by atoms with E-state index in [9.17, 15) is 20.4 Å². The Morgan fingerprint density at radius 1 is 0.516 bits per heavy atom. The van der Waals surface area contributed by atoms with E-state index in [-0.39, 0.29) is 21.7 Å². The van der Waals surface area contributed by atoms with Gasteiger partial charge in [0.2, 0.25) is 0 Å². The van der Waals surface area contributed by atoms with Crippen molar-refractivity contribution in [2.45, 2.75) is 152 Å². The van der Waals surface area contributed by atoms with Crippen molar-refractivity contribution in [3.05, 3.63) is 0 Å². The van der Waals surface area contributed by atoms with Gasteiger partial charge >= 0.3 is 120 Å². The Morgan fingerprint density at radius 2 is 0.645 bits per heavy atom. The van der Waals surface area contributed by atoms with Crippen molar-refractivity contribution in [1.82, 2.24) is 0 Å². The summed E-state index contributed by atoms with van der Waals surface area (Å²) in [5.74, 6) is 0. The van der Waals surface area contributed by atoms with Crippen molar-refractivity contribution in [3.8, 4) is 0 Å². The molecule has 0 aromatic heterocycles. The molecule has 0 aliphatic carbocycles. The first-order valence-corrected chi connectivity index (χ1v) is 21.6. The maximum absolute atomic E-state index is 9.53. The Balaban J connectivity index is -0.0000000756. The van der Waals surface area contributed by atoms with Gasteiger partial charge < -0.3 is 20.4 Å². The molecule has 0 atom stereocenters. The van der Waals surface area contributed by atoms with Crippen molar-refractivity contribution < 1.29 is 42.1 Å². The second kappa shape index (κ2) is 36.2. The molecule has 190 valence electrons. The van der Waals surface area contributed by atoms with E-state index in [1.54, 1.807) is 55.4 Å². The van der Waals surface area contributed by atoms with E-state index in [4.69, 9.17) is 8.92 Å². The summed E-state index contributed by atoms with van der Waals surface area (Å²) in [5.41, 5.74) is 0. The van der Waals surface area contributed by atoms with Crippen LogP contribution < -0.4 is 20.4 Å². The first kappa shape index (κ1) is 46.0. The Kier molecular flexibility index (Phi) is 53.8. The second-order valence-electron chi connectivity index (χ2n) is 8.66. The van der Waals surface area contributed by atoms with E-state index in [0.717, 1.165) is 0 Å². The smallest absolute Gasteiger partial charge is 4.00 e. The van der Waals surface area contributed by atoms with Crippen LogP contribution in [0.3, 0.4) is 0 Å². The Hall–Kier alpha value is 1.64. The summed E-state index contributed by atoms with van der Waals surface area (Å²) in [6.07, 6.45) is 6.45. The molecule has 0 bridgehead atoms. The molecular weight excluding hydrogens is 554 g/mol. The minimum atomic E-state index is -2.09. The molecule has 0 fully saturated rings. The van der Waals surface area contributed by atoms with Crippen molar-refractivity contribution >= 4 is 26.2 Å². The van der Waals surface area contributed by atoms with Crippen LogP contribution in [0.2, 0.25) is 13.3 Å². The normalized spacial score (nSPS) is 10.1. The van der Waals surface area contributed by atoms with Crippen LogP contribution in [0.5, 0.6) is 0 Å². The van der Waals surface area contributed by atoms with Crippen LogP contribution in [0, 0.1) is 0 Å². The maximum Gasteiger partial charge on any atom is 4.00 e. The Morgan fingerprint density at radius 3 is 0.742 bits per heavy atom. The van der Waals surface area contributed by atoms with Gasteiger partial charge in [0.1, 0.15) is 0 Å². The molecule has 7 heteroatoms.